The Kier molecular flexibility index (Phi) is 15.4. The first kappa shape index (κ1) is 37.2. The van der Waals surface area contributed by atoms with Gasteiger partial charge in [0.25, 0.3) is 11.8 Å². The van der Waals surface area contributed by atoms with E-state index in [-0.39, 0.29) is 24.3 Å². The molecule has 0 spiro atoms. The summed E-state index contributed by atoms with van der Waals surface area (Å²) >= 11 is 0. The van der Waals surface area contributed by atoms with Gasteiger partial charge in [-0.2, -0.15) is 0 Å². The van der Waals surface area contributed by atoms with Gasteiger partial charge in [-0.25, -0.2) is 9.59 Å². The number of anilines is 1. The van der Waals surface area contributed by atoms with Gasteiger partial charge in [0, 0.05) is 42.0 Å². The van der Waals surface area contributed by atoms with Crippen LogP contribution >= 0.6 is 0 Å². The number of nitrogens with zero attached hydrogens (tertiary/aromatic N) is 3. The Balaban J connectivity index is 0.000000913. The fourth-order valence-electron chi connectivity index (χ4n) is 6.39. The van der Waals surface area contributed by atoms with Gasteiger partial charge >= 0.3 is 11.9 Å². The third kappa shape index (κ3) is 11.8. The van der Waals surface area contributed by atoms with Crippen LogP contribution in [0, 0.1) is 0 Å². The highest BCUT2D eigenvalue weighted by atomic mass is 16.4. The number of carbonyl (C=O) groups is 5. The molecule has 4 rings (SSSR count). The van der Waals surface area contributed by atoms with Gasteiger partial charge in [-0.05, 0) is 75.2 Å². The predicted molar refractivity (Wildman–Crippen MR) is 180 cm³/mol. The van der Waals surface area contributed by atoms with Crippen molar-refractivity contribution in [2.24, 2.45) is 0 Å². The summed E-state index contributed by atoms with van der Waals surface area (Å²) in [5, 5.41) is 17.7. The van der Waals surface area contributed by atoms with Gasteiger partial charge in [0.05, 0.1) is 0 Å². The van der Waals surface area contributed by atoms with E-state index in [2.05, 4.69) is 29.0 Å². The van der Waals surface area contributed by atoms with Crippen LogP contribution in [0.25, 0.3) is 0 Å². The van der Waals surface area contributed by atoms with Crippen LogP contribution in [-0.2, 0) is 14.4 Å². The fraction of sp³-hybridized carbons (Fsp3) is 0.528. The van der Waals surface area contributed by atoms with Crippen LogP contribution in [0.15, 0.2) is 54.6 Å². The van der Waals surface area contributed by atoms with Crippen LogP contribution in [-0.4, -0.2) is 99.4 Å². The van der Waals surface area contributed by atoms with Gasteiger partial charge in [-0.1, -0.05) is 70.6 Å². The molecule has 3 N–H and O–H groups in total. The largest absolute Gasteiger partial charge is 0.473 e. The SMILES string of the molecule is CCN(CC)CCN(CC(=O)N(C1CCCCC1)C1CCCCC1)C(=O)c1ccc(NC(=O)c2ccccc2)cc1.O=C(O)C(=O)O. The molecule has 3 amide bonds. The first-order valence-corrected chi connectivity index (χ1v) is 16.9. The van der Waals surface area contributed by atoms with Crippen LogP contribution in [0.2, 0.25) is 0 Å². The van der Waals surface area contributed by atoms with Crippen LogP contribution in [0.5, 0.6) is 0 Å². The summed E-state index contributed by atoms with van der Waals surface area (Å²) in [5.74, 6) is -3.88. The summed E-state index contributed by atoms with van der Waals surface area (Å²) < 4.78 is 0. The number of carboxylic acids is 2. The molecule has 0 radical (unpaired) electrons. The number of aliphatic carboxylic acids is 2. The number of amides is 3. The Labute approximate surface area is 277 Å². The Morgan fingerprint density at radius 2 is 1.19 bits per heavy atom. The summed E-state index contributed by atoms with van der Waals surface area (Å²) in [4.78, 5) is 64.9. The van der Waals surface area contributed by atoms with Crippen molar-refractivity contribution in [2.75, 3.05) is 38.0 Å². The van der Waals surface area contributed by atoms with E-state index in [0.29, 0.717) is 35.4 Å². The Morgan fingerprint density at radius 1 is 0.681 bits per heavy atom. The highest BCUT2D eigenvalue weighted by Crippen LogP contribution is 2.30. The standard InChI is InChI=1S/C34H48N4O3.C2H2O4/c1-3-36(4-2)24-25-37(26-32(39)38(30-16-10-6-11-17-30)31-18-12-7-13-19-31)34(41)28-20-22-29(23-21-28)35-33(40)27-14-8-5-9-15-27;3-1(4)2(5)6/h5,8-9,14-15,20-23,30-31H,3-4,6-7,10-13,16-19,24-26H2,1-2H3,(H,35,40);(H,3,4)(H,5,6). The minimum absolute atomic E-state index is 0.100. The molecule has 2 aromatic carbocycles. The van der Waals surface area contributed by atoms with Crippen molar-refractivity contribution >= 4 is 35.3 Å². The van der Waals surface area contributed by atoms with Crippen molar-refractivity contribution in [2.45, 2.75) is 90.1 Å². The van der Waals surface area contributed by atoms with E-state index in [0.717, 1.165) is 45.3 Å². The molecular weight excluding hydrogens is 600 g/mol. The number of carbonyl (C=O) groups excluding carboxylic acids is 3. The Hall–Kier alpha value is -4.25. The normalized spacial score (nSPS) is 15.2. The molecule has 0 aliphatic heterocycles. The Bertz CT molecular complexity index is 1270. The quantitative estimate of drug-likeness (QED) is 0.260. The van der Waals surface area contributed by atoms with E-state index in [1.807, 2.05) is 18.2 Å². The molecule has 256 valence electrons. The molecule has 0 atom stereocenters. The summed E-state index contributed by atoms with van der Waals surface area (Å²) in [6, 6.07) is 16.7. The van der Waals surface area contributed by atoms with E-state index in [4.69, 9.17) is 19.8 Å². The highest BCUT2D eigenvalue weighted by molar-refractivity contribution is 6.27. The fourth-order valence-corrected chi connectivity index (χ4v) is 6.39. The zero-order valence-corrected chi connectivity index (χ0v) is 27.7. The zero-order valence-electron chi connectivity index (χ0n) is 27.7. The van der Waals surface area contributed by atoms with Crippen molar-refractivity contribution in [3.05, 3.63) is 65.7 Å². The summed E-state index contributed by atoms with van der Waals surface area (Å²) in [5.41, 5.74) is 1.73. The minimum atomic E-state index is -1.82. The maximum absolute atomic E-state index is 14.1. The van der Waals surface area contributed by atoms with Crippen molar-refractivity contribution in [1.82, 2.24) is 14.7 Å². The van der Waals surface area contributed by atoms with Gasteiger partial charge in [0.1, 0.15) is 6.54 Å². The van der Waals surface area contributed by atoms with Crippen LogP contribution in [0.1, 0.15) is 98.8 Å². The number of benzene rings is 2. The highest BCUT2D eigenvalue weighted by Gasteiger charge is 2.34. The molecule has 2 aliphatic carbocycles. The second kappa shape index (κ2) is 19.4. The minimum Gasteiger partial charge on any atom is -0.473 e. The van der Waals surface area contributed by atoms with Crippen molar-refractivity contribution in [3.63, 3.8) is 0 Å². The summed E-state index contributed by atoms with van der Waals surface area (Å²) in [6.07, 6.45) is 11.5. The lowest BCUT2D eigenvalue weighted by molar-refractivity contribution is -0.159. The zero-order chi connectivity index (χ0) is 34.2. The molecule has 47 heavy (non-hydrogen) atoms. The van der Waals surface area contributed by atoms with E-state index < -0.39 is 11.9 Å². The van der Waals surface area contributed by atoms with Gasteiger partial charge in [0.2, 0.25) is 5.91 Å². The number of carboxylic acid groups (broad SMARTS) is 2. The van der Waals surface area contributed by atoms with E-state index in [1.165, 1.54) is 38.5 Å². The second-order valence-electron chi connectivity index (χ2n) is 12.1. The van der Waals surface area contributed by atoms with Crippen molar-refractivity contribution < 1.29 is 34.2 Å². The lowest BCUT2D eigenvalue weighted by atomic mass is 9.88. The predicted octanol–water partition coefficient (Wildman–Crippen LogP) is 5.37. The summed E-state index contributed by atoms with van der Waals surface area (Å²) in [7, 11) is 0. The monoisotopic (exact) mass is 650 g/mol. The van der Waals surface area contributed by atoms with E-state index in [9.17, 15) is 14.4 Å². The summed E-state index contributed by atoms with van der Waals surface area (Å²) in [6.45, 7) is 7.39. The van der Waals surface area contributed by atoms with E-state index >= 15 is 0 Å². The third-order valence-corrected chi connectivity index (χ3v) is 9.03. The topological polar surface area (TPSA) is 148 Å². The maximum atomic E-state index is 14.1. The molecule has 0 heterocycles. The molecule has 2 aliphatic rings. The number of rotatable bonds is 12. The first-order chi connectivity index (χ1) is 22.6. The smallest absolute Gasteiger partial charge is 0.414 e. The van der Waals surface area contributed by atoms with Gasteiger partial charge in [-0.15, -0.1) is 0 Å². The molecule has 2 fully saturated rings. The van der Waals surface area contributed by atoms with Crippen molar-refractivity contribution in [1.29, 1.82) is 0 Å². The lowest BCUT2D eigenvalue weighted by Crippen LogP contribution is -2.53. The van der Waals surface area contributed by atoms with Crippen LogP contribution in [0.3, 0.4) is 0 Å². The van der Waals surface area contributed by atoms with Gasteiger partial charge < -0.3 is 30.2 Å². The molecule has 0 aromatic heterocycles. The number of hydrogen-bond donors (Lipinski definition) is 3. The lowest BCUT2D eigenvalue weighted by Gasteiger charge is -2.42. The number of hydrogen-bond acceptors (Lipinski definition) is 6. The molecule has 11 nitrogen and oxygen atoms in total. The molecule has 0 bridgehead atoms. The average Bonchev–Trinajstić information content (AvgIpc) is 3.10. The molecule has 11 heteroatoms. The third-order valence-electron chi connectivity index (χ3n) is 9.03. The molecule has 0 saturated heterocycles. The second-order valence-corrected chi connectivity index (χ2v) is 12.1. The molecule has 2 aromatic rings. The van der Waals surface area contributed by atoms with E-state index in [1.54, 1.807) is 41.3 Å². The molecule has 2 saturated carbocycles. The number of nitrogens with one attached hydrogen (secondary N) is 1. The van der Waals surface area contributed by atoms with Crippen LogP contribution < -0.4 is 5.32 Å². The van der Waals surface area contributed by atoms with Gasteiger partial charge in [0.15, 0.2) is 0 Å². The molecule has 0 unspecified atom stereocenters. The number of likely N-dealkylation sites (N-methyl/N-ethyl adjacent to an activating group) is 1. The maximum Gasteiger partial charge on any atom is 0.414 e. The Morgan fingerprint density at radius 3 is 1.66 bits per heavy atom. The first-order valence-electron chi connectivity index (χ1n) is 16.9. The van der Waals surface area contributed by atoms with Gasteiger partial charge in [-0.3, -0.25) is 14.4 Å². The van der Waals surface area contributed by atoms with Crippen LogP contribution in [0.4, 0.5) is 5.69 Å². The van der Waals surface area contributed by atoms with Crippen molar-refractivity contribution in [3.8, 4) is 0 Å². The molecular formula is C36H50N4O7. The average molecular weight is 651 g/mol.